The molecule has 22 heavy (non-hydrogen) atoms. The van der Waals surface area contributed by atoms with Crippen molar-refractivity contribution in [2.24, 2.45) is 7.05 Å². The van der Waals surface area contributed by atoms with E-state index in [0.717, 1.165) is 11.1 Å². The predicted molar refractivity (Wildman–Crippen MR) is 87.8 cm³/mol. The number of hydrogen-bond acceptors (Lipinski definition) is 2. The van der Waals surface area contributed by atoms with Gasteiger partial charge in [0.2, 0.25) is 0 Å². The standard InChI is InChI=1S/C19H19NO2/c1-20-13-17(15-10-6-7-11-18(15)20)16(12-19(21)22-2)14-8-4-3-5-9-14/h3-11,13,16H,12H2,1-2H3/t16-/m0/s1. The molecule has 0 spiro atoms. The first-order chi connectivity index (χ1) is 10.7. The van der Waals surface area contributed by atoms with Gasteiger partial charge in [0.15, 0.2) is 0 Å². The van der Waals surface area contributed by atoms with Crippen LogP contribution in [0, 0.1) is 0 Å². The van der Waals surface area contributed by atoms with Crippen LogP contribution >= 0.6 is 0 Å². The highest BCUT2D eigenvalue weighted by Gasteiger charge is 2.22. The zero-order valence-corrected chi connectivity index (χ0v) is 12.8. The van der Waals surface area contributed by atoms with Gasteiger partial charge in [0, 0.05) is 30.1 Å². The van der Waals surface area contributed by atoms with Gasteiger partial charge in [0.05, 0.1) is 13.5 Å². The zero-order valence-electron chi connectivity index (χ0n) is 12.8. The molecular formula is C19H19NO2. The van der Waals surface area contributed by atoms with Crippen molar-refractivity contribution in [1.82, 2.24) is 4.57 Å². The number of carbonyl (C=O) groups excluding carboxylic acids is 1. The van der Waals surface area contributed by atoms with E-state index < -0.39 is 0 Å². The summed E-state index contributed by atoms with van der Waals surface area (Å²) in [5, 5.41) is 1.18. The Morgan fingerprint density at radius 2 is 1.77 bits per heavy atom. The van der Waals surface area contributed by atoms with Crippen LogP contribution in [0.4, 0.5) is 0 Å². The molecule has 1 atom stereocenters. The fraction of sp³-hybridized carbons (Fsp3) is 0.211. The lowest BCUT2D eigenvalue weighted by atomic mass is 9.88. The van der Waals surface area contributed by atoms with Crippen LogP contribution in [-0.2, 0) is 16.6 Å². The van der Waals surface area contributed by atoms with E-state index in [1.165, 1.54) is 18.0 Å². The average Bonchev–Trinajstić information content (AvgIpc) is 2.90. The molecule has 0 aliphatic carbocycles. The molecule has 112 valence electrons. The Hall–Kier alpha value is -2.55. The van der Waals surface area contributed by atoms with Gasteiger partial charge < -0.3 is 9.30 Å². The Balaban J connectivity index is 2.14. The van der Waals surface area contributed by atoms with Gasteiger partial charge in [-0.2, -0.15) is 0 Å². The number of aromatic nitrogens is 1. The summed E-state index contributed by atoms with van der Waals surface area (Å²) in [4.78, 5) is 11.9. The molecule has 0 saturated heterocycles. The number of nitrogens with zero attached hydrogens (tertiary/aromatic N) is 1. The van der Waals surface area contributed by atoms with Crippen LogP contribution in [0.5, 0.6) is 0 Å². The normalized spacial score (nSPS) is 12.3. The van der Waals surface area contributed by atoms with Gasteiger partial charge in [0.25, 0.3) is 0 Å². The van der Waals surface area contributed by atoms with E-state index in [9.17, 15) is 4.79 Å². The highest BCUT2D eigenvalue weighted by atomic mass is 16.5. The molecule has 0 saturated carbocycles. The van der Waals surface area contributed by atoms with Crippen molar-refractivity contribution in [3.05, 3.63) is 71.9 Å². The van der Waals surface area contributed by atoms with Crippen LogP contribution < -0.4 is 0 Å². The average molecular weight is 293 g/mol. The molecule has 1 heterocycles. The SMILES string of the molecule is COC(=O)C[C@@H](c1ccccc1)c1cn(C)c2ccccc12. The smallest absolute Gasteiger partial charge is 0.306 e. The predicted octanol–water partition coefficient (Wildman–Crippen LogP) is 3.87. The number of rotatable bonds is 4. The molecule has 0 amide bonds. The molecule has 0 radical (unpaired) electrons. The summed E-state index contributed by atoms with van der Waals surface area (Å²) < 4.78 is 7.01. The van der Waals surface area contributed by atoms with E-state index in [1.807, 2.05) is 37.4 Å². The van der Waals surface area contributed by atoms with Gasteiger partial charge in [0.1, 0.15) is 0 Å². The second-order valence-corrected chi connectivity index (χ2v) is 5.46. The van der Waals surface area contributed by atoms with Crippen LogP contribution in [0.3, 0.4) is 0 Å². The highest BCUT2D eigenvalue weighted by Crippen LogP contribution is 2.34. The number of aryl methyl sites for hydroxylation is 1. The second kappa shape index (κ2) is 6.06. The first kappa shape index (κ1) is 14.4. The van der Waals surface area contributed by atoms with Crippen LogP contribution in [-0.4, -0.2) is 17.6 Å². The molecular weight excluding hydrogens is 274 g/mol. The highest BCUT2D eigenvalue weighted by molar-refractivity contribution is 5.86. The Labute approximate surface area is 130 Å². The molecule has 0 unspecified atom stereocenters. The summed E-state index contributed by atoms with van der Waals surface area (Å²) in [6.45, 7) is 0. The van der Waals surface area contributed by atoms with Crippen LogP contribution in [0.25, 0.3) is 10.9 Å². The van der Waals surface area contributed by atoms with Crippen molar-refractivity contribution < 1.29 is 9.53 Å². The minimum atomic E-state index is -0.193. The Bertz CT molecular complexity index is 790. The van der Waals surface area contributed by atoms with E-state index in [2.05, 4.69) is 35.0 Å². The summed E-state index contributed by atoms with van der Waals surface area (Å²) in [6.07, 6.45) is 2.46. The second-order valence-electron chi connectivity index (χ2n) is 5.46. The number of esters is 1. The van der Waals surface area contributed by atoms with Crippen molar-refractivity contribution in [1.29, 1.82) is 0 Å². The number of benzene rings is 2. The minimum Gasteiger partial charge on any atom is -0.469 e. The van der Waals surface area contributed by atoms with E-state index in [-0.39, 0.29) is 11.9 Å². The molecule has 3 aromatic rings. The quantitative estimate of drug-likeness (QED) is 0.684. The number of ether oxygens (including phenoxy) is 1. The van der Waals surface area contributed by atoms with Crippen LogP contribution in [0.1, 0.15) is 23.5 Å². The molecule has 3 heteroatoms. The van der Waals surface area contributed by atoms with Gasteiger partial charge in [-0.05, 0) is 17.2 Å². The van der Waals surface area contributed by atoms with Gasteiger partial charge >= 0.3 is 5.97 Å². The fourth-order valence-electron chi connectivity index (χ4n) is 2.99. The maximum Gasteiger partial charge on any atom is 0.306 e. The van der Waals surface area contributed by atoms with Crippen LogP contribution in [0.2, 0.25) is 0 Å². The first-order valence-electron chi connectivity index (χ1n) is 7.36. The molecule has 3 nitrogen and oxygen atoms in total. The van der Waals surface area contributed by atoms with Crippen molar-refractivity contribution >= 4 is 16.9 Å². The molecule has 0 aliphatic rings. The van der Waals surface area contributed by atoms with Gasteiger partial charge in [-0.15, -0.1) is 0 Å². The lowest BCUT2D eigenvalue weighted by molar-refractivity contribution is -0.140. The third-order valence-corrected chi connectivity index (χ3v) is 4.10. The number of hydrogen-bond donors (Lipinski definition) is 0. The van der Waals surface area contributed by atoms with E-state index in [1.54, 1.807) is 0 Å². The van der Waals surface area contributed by atoms with Crippen molar-refractivity contribution in [2.75, 3.05) is 7.11 Å². The third kappa shape index (κ3) is 2.62. The van der Waals surface area contributed by atoms with E-state index in [4.69, 9.17) is 4.74 Å². The summed E-state index contributed by atoms with van der Waals surface area (Å²) in [6, 6.07) is 18.4. The molecule has 3 rings (SSSR count). The zero-order chi connectivity index (χ0) is 15.5. The van der Waals surface area contributed by atoms with Crippen molar-refractivity contribution in [3.63, 3.8) is 0 Å². The maximum atomic E-state index is 11.9. The minimum absolute atomic E-state index is 0.000231. The number of carbonyl (C=O) groups is 1. The third-order valence-electron chi connectivity index (χ3n) is 4.10. The van der Waals surface area contributed by atoms with Crippen molar-refractivity contribution in [2.45, 2.75) is 12.3 Å². The molecule has 0 N–H and O–H groups in total. The molecule has 0 aliphatic heterocycles. The Morgan fingerprint density at radius 3 is 2.50 bits per heavy atom. The summed E-state index contributed by atoms with van der Waals surface area (Å²) in [5.74, 6) is -0.193. The van der Waals surface area contributed by atoms with E-state index >= 15 is 0 Å². The van der Waals surface area contributed by atoms with Crippen LogP contribution in [0.15, 0.2) is 60.8 Å². The van der Waals surface area contributed by atoms with Crippen molar-refractivity contribution in [3.8, 4) is 0 Å². The first-order valence-corrected chi connectivity index (χ1v) is 7.36. The maximum absolute atomic E-state index is 11.9. The number of para-hydroxylation sites is 1. The largest absolute Gasteiger partial charge is 0.469 e. The van der Waals surface area contributed by atoms with Gasteiger partial charge in [-0.25, -0.2) is 0 Å². The summed E-state index contributed by atoms with van der Waals surface area (Å²) >= 11 is 0. The number of fused-ring (bicyclic) bond motifs is 1. The topological polar surface area (TPSA) is 31.2 Å². The Morgan fingerprint density at radius 1 is 1.09 bits per heavy atom. The summed E-state index contributed by atoms with van der Waals surface area (Å²) in [7, 11) is 3.47. The van der Waals surface area contributed by atoms with E-state index in [0.29, 0.717) is 6.42 Å². The molecule has 0 fully saturated rings. The fourth-order valence-corrected chi connectivity index (χ4v) is 2.99. The molecule has 0 bridgehead atoms. The lowest BCUT2D eigenvalue weighted by Gasteiger charge is -2.16. The van der Waals surface area contributed by atoms with Gasteiger partial charge in [-0.3, -0.25) is 4.79 Å². The molecule has 1 aromatic heterocycles. The lowest BCUT2D eigenvalue weighted by Crippen LogP contribution is -2.09. The van der Waals surface area contributed by atoms with Gasteiger partial charge in [-0.1, -0.05) is 48.5 Å². The number of methoxy groups -OCH3 is 1. The summed E-state index contributed by atoms with van der Waals surface area (Å²) in [5.41, 5.74) is 3.46. The monoisotopic (exact) mass is 293 g/mol. The molecule has 2 aromatic carbocycles. The Kier molecular flexibility index (Phi) is 3.96.